The van der Waals surface area contributed by atoms with Crippen LogP contribution in [-0.2, 0) is 0 Å². The summed E-state index contributed by atoms with van der Waals surface area (Å²) in [6, 6.07) is 2.47. The quantitative estimate of drug-likeness (QED) is 0.837. The zero-order valence-corrected chi connectivity index (χ0v) is 12.2. The third-order valence-electron chi connectivity index (χ3n) is 3.39. The van der Waals surface area contributed by atoms with Gasteiger partial charge in [0.15, 0.2) is 0 Å². The minimum absolute atomic E-state index is 0.00679. The highest BCUT2D eigenvalue weighted by Gasteiger charge is 2.25. The van der Waals surface area contributed by atoms with Crippen molar-refractivity contribution in [1.29, 1.82) is 0 Å². The summed E-state index contributed by atoms with van der Waals surface area (Å²) in [5.41, 5.74) is 5.51. The molecule has 0 spiro atoms. The van der Waals surface area contributed by atoms with Crippen molar-refractivity contribution in [1.82, 2.24) is 0 Å². The molecule has 3 N–H and O–H groups in total. The number of nitrogens with one attached hydrogen (secondary N) is 1. The van der Waals surface area contributed by atoms with Gasteiger partial charge in [-0.3, -0.25) is 0 Å². The second-order valence-corrected chi connectivity index (χ2v) is 6.27. The maximum atomic E-state index is 13.9. The topological polar surface area (TPSA) is 38.0 Å². The first-order chi connectivity index (χ1) is 9.01. The largest absolute Gasteiger partial charge is 0.389 e. The van der Waals surface area contributed by atoms with Crippen molar-refractivity contribution < 1.29 is 8.78 Å². The van der Waals surface area contributed by atoms with Gasteiger partial charge in [0.25, 0.3) is 0 Å². The number of thiocarbonyl (C=S) groups is 1. The van der Waals surface area contributed by atoms with Gasteiger partial charge in [0.05, 0.1) is 0 Å². The van der Waals surface area contributed by atoms with Gasteiger partial charge in [-0.15, -0.1) is 0 Å². The molecule has 0 aromatic heterocycles. The molecule has 2 atom stereocenters. The summed E-state index contributed by atoms with van der Waals surface area (Å²) in [6.07, 6.45) is 5.00. The summed E-state index contributed by atoms with van der Waals surface area (Å²) in [6.45, 7) is 0. The SMILES string of the molecule is CSC1CCC(Nc2c(F)cc(C(N)=S)cc2F)C1. The molecule has 1 saturated carbocycles. The molecule has 2 nitrogen and oxygen atoms in total. The Morgan fingerprint density at radius 2 is 2.00 bits per heavy atom. The number of benzene rings is 1. The number of hydrogen-bond donors (Lipinski definition) is 2. The van der Waals surface area contributed by atoms with E-state index in [0.717, 1.165) is 19.3 Å². The highest BCUT2D eigenvalue weighted by atomic mass is 32.2. The van der Waals surface area contributed by atoms with Crippen LogP contribution in [0.15, 0.2) is 12.1 Å². The highest BCUT2D eigenvalue weighted by molar-refractivity contribution is 7.99. The Morgan fingerprint density at radius 3 is 2.47 bits per heavy atom. The fourth-order valence-corrected chi connectivity index (χ4v) is 3.26. The predicted molar refractivity (Wildman–Crippen MR) is 80.8 cm³/mol. The molecule has 0 amide bonds. The summed E-state index contributed by atoms with van der Waals surface area (Å²) in [5.74, 6) is -1.29. The molecular formula is C13H16F2N2S2. The lowest BCUT2D eigenvalue weighted by atomic mass is 10.1. The van der Waals surface area contributed by atoms with Crippen molar-refractivity contribution in [2.45, 2.75) is 30.6 Å². The molecule has 6 heteroatoms. The summed E-state index contributed by atoms with van der Waals surface area (Å²) < 4.78 is 27.8. The van der Waals surface area contributed by atoms with Gasteiger partial charge in [-0.25, -0.2) is 8.78 Å². The van der Waals surface area contributed by atoms with E-state index >= 15 is 0 Å². The van der Waals surface area contributed by atoms with E-state index in [1.807, 2.05) is 0 Å². The molecule has 1 fully saturated rings. The normalized spacial score (nSPS) is 22.5. The molecule has 0 bridgehead atoms. The Morgan fingerprint density at radius 1 is 1.37 bits per heavy atom. The average molecular weight is 302 g/mol. The monoisotopic (exact) mass is 302 g/mol. The van der Waals surface area contributed by atoms with Crippen LogP contribution in [0.25, 0.3) is 0 Å². The van der Waals surface area contributed by atoms with Gasteiger partial charge in [-0.1, -0.05) is 12.2 Å². The van der Waals surface area contributed by atoms with E-state index in [4.69, 9.17) is 18.0 Å². The van der Waals surface area contributed by atoms with Gasteiger partial charge in [-0.05, 0) is 37.7 Å². The van der Waals surface area contributed by atoms with E-state index in [2.05, 4.69) is 11.6 Å². The first-order valence-corrected chi connectivity index (χ1v) is 7.79. The van der Waals surface area contributed by atoms with Gasteiger partial charge < -0.3 is 11.1 Å². The highest BCUT2D eigenvalue weighted by Crippen LogP contribution is 2.31. The molecular weight excluding hydrogens is 286 g/mol. The first-order valence-electron chi connectivity index (χ1n) is 6.09. The Balaban J connectivity index is 2.15. The molecule has 0 saturated heterocycles. The van der Waals surface area contributed by atoms with Crippen LogP contribution >= 0.6 is 24.0 Å². The number of nitrogens with two attached hydrogens (primary N) is 1. The van der Waals surface area contributed by atoms with Crippen LogP contribution in [0, 0.1) is 11.6 Å². The first kappa shape index (κ1) is 14.5. The maximum absolute atomic E-state index is 13.9. The van der Waals surface area contributed by atoms with Gasteiger partial charge in [0, 0.05) is 16.9 Å². The van der Waals surface area contributed by atoms with Crippen LogP contribution in [0.1, 0.15) is 24.8 Å². The van der Waals surface area contributed by atoms with E-state index in [-0.39, 0.29) is 22.3 Å². The van der Waals surface area contributed by atoms with Crippen molar-refractivity contribution in [3.8, 4) is 0 Å². The van der Waals surface area contributed by atoms with Crippen LogP contribution in [0.5, 0.6) is 0 Å². The molecule has 1 aromatic rings. The van der Waals surface area contributed by atoms with E-state index in [0.29, 0.717) is 5.25 Å². The lowest BCUT2D eigenvalue weighted by Crippen LogP contribution is -2.19. The van der Waals surface area contributed by atoms with Gasteiger partial charge in [0.1, 0.15) is 22.3 Å². The third kappa shape index (κ3) is 3.36. The second-order valence-electron chi connectivity index (χ2n) is 4.69. The molecule has 1 aliphatic carbocycles. The van der Waals surface area contributed by atoms with Crippen molar-refractivity contribution in [2.24, 2.45) is 5.73 Å². The summed E-state index contributed by atoms with van der Waals surface area (Å²) >= 11 is 6.52. The lowest BCUT2D eigenvalue weighted by Gasteiger charge is -2.16. The molecule has 0 heterocycles. The molecule has 0 aliphatic heterocycles. The number of rotatable bonds is 4. The number of hydrogen-bond acceptors (Lipinski definition) is 3. The predicted octanol–water partition coefficient (Wildman–Crippen LogP) is 3.30. The number of halogens is 2. The Bertz CT molecular complexity index is 471. The van der Waals surface area contributed by atoms with Crippen molar-refractivity contribution in [2.75, 3.05) is 11.6 Å². The minimum Gasteiger partial charge on any atom is -0.389 e. The smallest absolute Gasteiger partial charge is 0.150 e. The van der Waals surface area contributed by atoms with Crippen LogP contribution < -0.4 is 11.1 Å². The van der Waals surface area contributed by atoms with Crippen LogP contribution in [0.3, 0.4) is 0 Å². The van der Waals surface area contributed by atoms with E-state index in [1.54, 1.807) is 11.8 Å². The number of thioether (sulfide) groups is 1. The van der Waals surface area contributed by atoms with Crippen LogP contribution in [-0.4, -0.2) is 22.5 Å². The summed E-state index contributed by atoms with van der Waals surface area (Å²) in [5, 5.41) is 3.53. The van der Waals surface area contributed by atoms with Gasteiger partial charge in [-0.2, -0.15) is 11.8 Å². The molecule has 2 rings (SSSR count). The van der Waals surface area contributed by atoms with E-state index in [9.17, 15) is 8.78 Å². The summed E-state index contributed by atoms with van der Waals surface area (Å²) in [7, 11) is 0. The fraction of sp³-hybridized carbons (Fsp3) is 0.462. The van der Waals surface area contributed by atoms with Crippen molar-refractivity contribution in [3.63, 3.8) is 0 Å². The number of anilines is 1. The van der Waals surface area contributed by atoms with Crippen LogP contribution in [0.2, 0.25) is 0 Å². The van der Waals surface area contributed by atoms with Crippen molar-refractivity contribution in [3.05, 3.63) is 29.3 Å². The molecule has 0 radical (unpaired) electrons. The standard InChI is InChI=1S/C13H16F2N2S2/c1-19-9-3-2-8(6-9)17-12-10(14)4-7(13(16)18)5-11(12)15/h4-5,8-9,17H,2-3,6H2,1H3,(H2,16,18). The zero-order chi connectivity index (χ0) is 14.0. The Hall–Kier alpha value is -0.880. The summed E-state index contributed by atoms with van der Waals surface area (Å²) in [4.78, 5) is -0.00679. The Labute approximate surface area is 121 Å². The maximum Gasteiger partial charge on any atom is 0.150 e. The zero-order valence-electron chi connectivity index (χ0n) is 10.6. The Kier molecular flexibility index (Phi) is 4.62. The fourth-order valence-electron chi connectivity index (χ4n) is 2.34. The molecule has 2 unspecified atom stereocenters. The van der Waals surface area contributed by atoms with Gasteiger partial charge in [0.2, 0.25) is 0 Å². The molecule has 19 heavy (non-hydrogen) atoms. The third-order valence-corrected chi connectivity index (χ3v) is 4.72. The molecule has 104 valence electrons. The van der Waals surface area contributed by atoms with Crippen molar-refractivity contribution >= 4 is 34.7 Å². The lowest BCUT2D eigenvalue weighted by molar-refractivity contribution is 0.581. The van der Waals surface area contributed by atoms with E-state index < -0.39 is 11.6 Å². The van der Waals surface area contributed by atoms with E-state index in [1.165, 1.54) is 12.1 Å². The van der Waals surface area contributed by atoms with Crippen LogP contribution in [0.4, 0.5) is 14.5 Å². The second kappa shape index (κ2) is 6.05. The minimum atomic E-state index is -0.643. The van der Waals surface area contributed by atoms with Gasteiger partial charge >= 0.3 is 0 Å². The molecule has 1 aliphatic rings. The average Bonchev–Trinajstić information content (AvgIpc) is 2.81. The molecule has 1 aromatic carbocycles.